The molecule has 89 valence electrons. The molecule has 0 unspecified atom stereocenters. The molecule has 0 saturated heterocycles. The van der Waals surface area contributed by atoms with Gasteiger partial charge in [0.25, 0.3) is 0 Å². The summed E-state index contributed by atoms with van der Waals surface area (Å²) in [6.07, 6.45) is 10.7. The highest BCUT2D eigenvalue weighted by molar-refractivity contribution is 6.66. The number of allylic oxidation sites excluding steroid dienone is 2. The molecule has 1 radical (unpaired) electrons. The SMILES string of the molecule is CC=C(CCC)[Si](CCCC)CCCC. The Hall–Kier alpha value is -0.0431. The van der Waals surface area contributed by atoms with Crippen molar-refractivity contribution < 1.29 is 0 Å². The molecule has 0 fully saturated rings. The van der Waals surface area contributed by atoms with Crippen LogP contribution in [0.2, 0.25) is 12.1 Å². The second-order valence-electron chi connectivity index (χ2n) is 4.37. The predicted octanol–water partition coefficient (Wildman–Crippen LogP) is 5.37. The molecular weight excluding hydrogens is 196 g/mol. The summed E-state index contributed by atoms with van der Waals surface area (Å²) < 4.78 is 0. The van der Waals surface area contributed by atoms with Crippen LogP contribution >= 0.6 is 0 Å². The van der Waals surface area contributed by atoms with Crippen molar-refractivity contribution in [1.29, 1.82) is 0 Å². The molecule has 15 heavy (non-hydrogen) atoms. The summed E-state index contributed by atoms with van der Waals surface area (Å²) in [6, 6.07) is 3.03. The number of rotatable bonds is 9. The van der Waals surface area contributed by atoms with Gasteiger partial charge < -0.3 is 0 Å². The molecule has 0 aliphatic carbocycles. The third-order valence-electron chi connectivity index (χ3n) is 2.99. The van der Waals surface area contributed by atoms with Gasteiger partial charge in [0.1, 0.15) is 0 Å². The van der Waals surface area contributed by atoms with Crippen LogP contribution < -0.4 is 0 Å². The molecule has 0 nitrogen and oxygen atoms in total. The van der Waals surface area contributed by atoms with Crippen molar-refractivity contribution in [2.75, 3.05) is 0 Å². The summed E-state index contributed by atoms with van der Waals surface area (Å²) in [7, 11) is -0.161. The Balaban J connectivity index is 4.16. The van der Waals surface area contributed by atoms with E-state index in [0.29, 0.717) is 0 Å². The molecule has 0 aromatic carbocycles. The Labute approximate surface area is 98.8 Å². The average Bonchev–Trinajstić information content (AvgIpc) is 2.27. The van der Waals surface area contributed by atoms with E-state index < -0.39 is 0 Å². The second kappa shape index (κ2) is 10.5. The molecule has 0 heterocycles. The quantitative estimate of drug-likeness (QED) is 0.463. The van der Waals surface area contributed by atoms with Crippen molar-refractivity contribution in [2.45, 2.75) is 78.3 Å². The first kappa shape index (κ1) is 15.0. The molecule has 0 N–H and O–H groups in total. The van der Waals surface area contributed by atoms with Gasteiger partial charge in [-0.25, -0.2) is 0 Å². The largest absolute Gasteiger partial charge is 0.0925 e. The Morgan fingerprint density at radius 1 is 0.933 bits per heavy atom. The van der Waals surface area contributed by atoms with E-state index in [1.54, 1.807) is 0 Å². The minimum atomic E-state index is -0.161. The Morgan fingerprint density at radius 3 is 1.80 bits per heavy atom. The monoisotopic (exact) mass is 225 g/mol. The maximum Gasteiger partial charge on any atom is 0.0797 e. The fourth-order valence-corrected chi connectivity index (χ4v) is 5.49. The topological polar surface area (TPSA) is 0 Å². The van der Waals surface area contributed by atoms with Gasteiger partial charge in [0.2, 0.25) is 0 Å². The summed E-state index contributed by atoms with van der Waals surface area (Å²) in [6.45, 7) is 9.18. The van der Waals surface area contributed by atoms with E-state index in [2.05, 4.69) is 33.8 Å². The van der Waals surface area contributed by atoms with Gasteiger partial charge in [-0.15, -0.1) is 0 Å². The van der Waals surface area contributed by atoms with Crippen LogP contribution in [0.5, 0.6) is 0 Å². The lowest BCUT2D eigenvalue weighted by Gasteiger charge is -2.18. The summed E-state index contributed by atoms with van der Waals surface area (Å²) in [5, 5.41) is 1.82. The maximum atomic E-state index is 2.42. The highest BCUT2D eigenvalue weighted by atomic mass is 28.3. The van der Waals surface area contributed by atoms with Crippen LogP contribution in [-0.2, 0) is 0 Å². The first-order chi connectivity index (χ1) is 7.29. The van der Waals surface area contributed by atoms with E-state index in [4.69, 9.17) is 0 Å². The van der Waals surface area contributed by atoms with Crippen LogP contribution in [0.15, 0.2) is 11.3 Å². The molecule has 0 bridgehead atoms. The van der Waals surface area contributed by atoms with Crippen LogP contribution in [0.4, 0.5) is 0 Å². The zero-order valence-electron chi connectivity index (χ0n) is 11.2. The third kappa shape index (κ3) is 6.94. The van der Waals surface area contributed by atoms with Crippen LogP contribution in [-0.4, -0.2) is 8.80 Å². The van der Waals surface area contributed by atoms with Crippen molar-refractivity contribution in [3.63, 3.8) is 0 Å². The molecule has 0 aromatic rings. The van der Waals surface area contributed by atoms with Gasteiger partial charge in [-0.1, -0.05) is 76.2 Å². The van der Waals surface area contributed by atoms with E-state index in [-0.39, 0.29) is 8.80 Å². The second-order valence-corrected chi connectivity index (χ2v) is 7.22. The maximum absolute atomic E-state index is 2.42. The van der Waals surface area contributed by atoms with Crippen molar-refractivity contribution in [2.24, 2.45) is 0 Å². The fraction of sp³-hybridized carbons (Fsp3) is 0.857. The summed E-state index contributed by atoms with van der Waals surface area (Å²) >= 11 is 0. The zero-order chi connectivity index (χ0) is 11.5. The van der Waals surface area contributed by atoms with E-state index >= 15 is 0 Å². The van der Waals surface area contributed by atoms with E-state index in [1.165, 1.54) is 50.6 Å². The normalized spacial score (nSPS) is 12.5. The minimum Gasteiger partial charge on any atom is -0.0925 e. The molecule has 0 aliphatic heterocycles. The van der Waals surface area contributed by atoms with Crippen molar-refractivity contribution in [3.05, 3.63) is 11.3 Å². The molecule has 0 aromatic heterocycles. The molecule has 1 heteroatoms. The van der Waals surface area contributed by atoms with Crippen LogP contribution in [0.1, 0.15) is 66.2 Å². The number of hydrogen-bond acceptors (Lipinski definition) is 0. The molecule has 0 spiro atoms. The molecule has 0 amide bonds. The summed E-state index contributed by atoms with van der Waals surface area (Å²) in [4.78, 5) is 0. The molecule has 0 saturated carbocycles. The number of hydrogen-bond donors (Lipinski definition) is 0. The lowest BCUT2D eigenvalue weighted by molar-refractivity contribution is 0.834. The van der Waals surface area contributed by atoms with E-state index in [9.17, 15) is 0 Å². The van der Waals surface area contributed by atoms with Gasteiger partial charge in [0, 0.05) is 0 Å². The van der Waals surface area contributed by atoms with E-state index in [1.807, 2.05) is 5.20 Å². The highest BCUT2D eigenvalue weighted by Crippen LogP contribution is 2.20. The Bertz CT molecular complexity index is 153. The lowest BCUT2D eigenvalue weighted by Crippen LogP contribution is -2.16. The average molecular weight is 225 g/mol. The van der Waals surface area contributed by atoms with Crippen LogP contribution in [0.3, 0.4) is 0 Å². The Kier molecular flexibility index (Phi) is 10.4. The predicted molar refractivity (Wildman–Crippen MR) is 73.8 cm³/mol. The standard InChI is InChI=1S/C14H29Si/c1-5-9-12-15(13-10-6-2)14(8-4)11-7-3/h8H,5-7,9-13H2,1-4H3. The van der Waals surface area contributed by atoms with E-state index in [0.717, 1.165) is 0 Å². The molecule has 0 atom stereocenters. The number of unbranched alkanes of at least 4 members (excludes halogenated alkanes) is 2. The van der Waals surface area contributed by atoms with Gasteiger partial charge in [-0.2, -0.15) is 0 Å². The summed E-state index contributed by atoms with van der Waals surface area (Å²) in [5.41, 5.74) is 0. The third-order valence-corrected chi connectivity index (χ3v) is 6.35. The highest BCUT2D eigenvalue weighted by Gasteiger charge is 2.14. The zero-order valence-corrected chi connectivity index (χ0v) is 12.2. The van der Waals surface area contributed by atoms with Gasteiger partial charge in [0.05, 0.1) is 8.80 Å². The first-order valence-electron chi connectivity index (χ1n) is 6.80. The molecular formula is C14H29Si. The Morgan fingerprint density at radius 2 is 1.47 bits per heavy atom. The van der Waals surface area contributed by atoms with Crippen molar-refractivity contribution >= 4 is 8.80 Å². The van der Waals surface area contributed by atoms with Gasteiger partial charge in [0.15, 0.2) is 0 Å². The van der Waals surface area contributed by atoms with Gasteiger partial charge in [-0.3, -0.25) is 0 Å². The van der Waals surface area contributed by atoms with Crippen LogP contribution in [0.25, 0.3) is 0 Å². The van der Waals surface area contributed by atoms with Crippen LogP contribution in [0, 0.1) is 0 Å². The summed E-state index contributed by atoms with van der Waals surface area (Å²) in [5.74, 6) is 0. The molecule has 0 aliphatic rings. The van der Waals surface area contributed by atoms with Crippen molar-refractivity contribution in [3.8, 4) is 0 Å². The van der Waals surface area contributed by atoms with Crippen molar-refractivity contribution in [1.82, 2.24) is 0 Å². The first-order valence-corrected chi connectivity index (χ1v) is 8.71. The van der Waals surface area contributed by atoms with Gasteiger partial charge >= 0.3 is 0 Å². The van der Waals surface area contributed by atoms with Gasteiger partial charge in [-0.05, 0) is 13.3 Å². The minimum absolute atomic E-state index is 0.161. The smallest absolute Gasteiger partial charge is 0.0797 e. The lowest BCUT2D eigenvalue weighted by atomic mass is 10.3. The molecule has 0 rings (SSSR count). The fourth-order valence-electron chi connectivity index (χ4n) is 2.02.